The van der Waals surface area contributed by atoms with E-state index in [1.165, 1.54) is 35.7 Å². The zero-order valence-corrected chi connectivity index (χ0v) is 12.3. The van der Waals surface area contributed by atoms with Crippen LogP contribution in [0.15, 0.2) is 27.8 Å². The number of allylic oxidation sites excluding steroid dienone is 1. The molecule has 0 spiro atoms. The first kappa shape index (κ1) is 12.2. The summed E-state index contributed by atoms with van der Waals surface area (Å²) in [7, 11) is 0. The number of halogens is 1. The Morgan fingerprint density at radius 3 is 2.50 bits per heavy atom. The topological polar surface area (TPSA) is 26.3 Å². The van der Waals surface area contributed by atoms with Crippen molar-refractivity contribution < 1.29 is 9.53 Å². The van der Waals surface area contributed by atoms with Gasteiger partial charge in [-0.25, -0.2) is 4.79 Å². The van der Waals surface area contributed by atoms with Crippen molar-refractivity contribution in [3.8, 4) is 0 Å². The van der Waals surface area contributed by atoms with Crippen molar-refractivity contribution in [1.82, 2.24) is 0 Å². The minimum atomic E-state index is -0.203. The molecule has 1 aromatic carbocycles. The largest absolute Gasteiger partial charge is 0.421 e. The van der Waals surface area contributed by atoms with Gasteiger partial charge in [-0.15, -0.1) is 0 Å². The van der Waals surface area contributed by atoms with E-state index in [4.69, 9.17) is 4.74 Å². The van der Waals surface area contributed by atoms with E-state index in [1.54, 1.807) is 0 Å². The molecule has 0 saturated heterocycles. The third-order valence-electron chi connectivity index (χ3n) is 3.77. The molecule has 3 rings (SSSR count). The van der Waals surface area contributed by atoms with Crippen molar-refractivity contribution in [1.29, 1.82) is 0 Å². The molecule has 0 unspecified atom stereocenters. The molecule has 0 N–H and O–H groups in total. The average Bonchev–Trinajstić information content (AvgIpc) is 2.77. The van der Waals surface area contributed by atoms with Crippen molar-refractivity contribution in [3.63, 3.8) is 0 Å². The Kier molecular flexibility index (Phi) is 3.41. The van der Waals surface area contributed by atoms with Crippen molar-refractivity contribution in [2.45, 2.75) is 32.1 Å². The summed E-state index contributed by atoms with van der Waals surface area (Å²) in [6, 6.07) is 7.68. The molecule has 0 atom stereocenters. The predicted molar refractivity (Wildman–Crippen MR) is 79.4 cm³/mol. The van der Waals surface area contributed by atoms with Gasteiger partial charge >= 0.3 is 5.97 Å². The Balaban J connectivity index is 1.99. The fraction of sp³-hybridized carbons (Fsp3) is 0.400. The second-order valence-electron chi connectivity index (χ2n) is 4.95. The van der Waals surface area contributed by atoms with Crippen molar-refractivity contribution in [2.75, 3.05) is 0 Å². The number of cyclic esters (lactones) is 1. The van der Waals surface area contributed by atoms with E-state index in [-0.39, 0.29) is 5.97 Å². The van der Waals surface area contributed by atoms with Gasteiger partial charge in [0.2, 0.25) is 0 Å². The van der Waals surface area contributed by atoms with E-state index in [9.17, 15) is 4.79 Å². The van der Waals surface area contributed by atoms with Crippen molar-refractivity contribution in [2.24, 2.45) is 5.92 Å². The van der Waals surface area contributed by atoms with Crippen LogP contribution in [0.2, 0.25) is 0 Å². The van der Waals surface area contributed by atoms with Gasteiger partial charge in [-0.05, 0) is 47.4 Å². The molecule has 0 bridgehead atoms. The zero-order valence-electron chi connectivity index (χ0n) is 10.1. The highest BCUT2D eigenvalue weighted by Gasteiger charge is 2.30. The Hall–Kier alpha value is -0.840. The van der Waals surface area contributed by atoms with E-state index >= 15 is 0 Å². The summed E-state index contributed by atoms with van der Waals surface area (Å²) >= 11 is 2.37. The van der Waals surface area contributed by atoms with Gasteiger partial charge in [-0.1, -0.05) is 37.5 Å². The molecule has 0 radical (unpaired) electrons. The molecule has 1 aromatic rings. The highest BCUT2D eigenvalue weighted by atomic mass is 127. The van der Waals surface area contributed by atoms with Crippen molar-refractivity contribution in [3.05, 3.63) is 39.0 Å². The molecule has 2 nitrogen and oxygen atoms in total. The van der Waals surface area contributed by atoms with E-state index < -0.39 is 0 Å². The van der Waals surface area contributed by atoms with E-state index in [2.05, 4.69) is 22.6 Å². The van der Waals surface area contributed by atoms with E-state index in [0.717, 1.165) is 11.3 Å². The Labute approximate surface area is 121 Å². The van der Waals surface area contributed by atoms with Gasteiger partial charge in [-0.2, -0.15) is 0 Å². The first-order valence-electron chi connectivity index (χ1n) is 6.48. The van der Waals surface area contributed by atoms with Gasteiger partial charge in [-0.3, -0.25) is 0 Å². The lowest BCUT2D eigenvalue weighted by molar-refractivity contribution is 0.0714. The molecule has 94 valence electrons. The zero-order chi connectivity index (χ0) is 12.5. The van der Waals surface area contributed by atoms with Crippen LogP contribution in [-0.4, -0.2) is 5.97 Å². The van der Waals surface area contributed by atoms with E-state index in [1.807, 2.05) is 24.3 Å². The highest BCUT2D eigenvalue weighted by molar-refractivity contribution is 14.1. The lowest BCUT2D eigenvalue weighted by Gasteiger charge is -2.22. The Morgan fingerprint density at radius 1 is 1.11 bits per heavy atom. The number of benzene rings is 1. The fourth-order valence-corrected chi connectivity index (χ4v) is 3.80. The second kappa shape index (κ2) is 5.03. The molecule has 1 saturated carbocycles. The minimum Gasteiger partial charge on any atom is -0.421 e. The number of rotatable bonds is 1. The second-order valence-corrected chi connectivity index (χ2v) is 6.11. The average molecular weight is 354 g/mol. The summed E-state index contributed by atoms with van der Waals surface area (Å²) in [6.45, 7) is 0. The van der Waals surface area contributed by atoms with Crippen LogP contribution in [0.25, 0.3) is 5.76 Å². The van der Waals surface area contributed by atoms with Crippen LogP contribution >= 0.6 is 22.6 Å². The molecule has 1 aliphatic heterocycles. The number of fused-ring (bicyclic) bond motifs is 1. The molecule has 2 aliphatic rings. The van der Waals surface area contributed by atoms with Gasteiger partial charge in [0.15, 0.2) is 0 Å². The summed E-state index contributed by atoms with van der Waals surface area (Å²) in [5.74, 6) is 1.18. The number of carbonyl (C=O) groups excluding carboxylic acids is 1. The first-order chi connectivity index (χ1) is 8.77. The molecule has 0 amide bonds. The molecule has 18 heavy (non-hydrogen) atoms. The van der Waals surface area contributed by atoms with Crippen LogP contribution in [-0.2, 0) is 4.74 Å². The van der Waals surface area contributed by atoms with Crippen LogP contribution in [0.4, 0.5) is 0 Å². The summed E-state index contributed by atoms with van der Waals surface area (Å²) < 4.78 is 6.71. The smallest absolute Gasteiger partial charge is 0.344 e. The molecule has 1 heterocycles. The lowest BCUT2D eigenvalue weighted by Crippen LogP contribution is -2.07. The normalized spacial score (nSPS) is 22.6. The van der Waals surface area contributed by atoms with Gasteiger partial charge in [0.25, 0.3) is 0 Å². The number of ether oxygens (including phenoxy) is 1. The van der Waals surface area contributed by atoms with Crippen LogP contribution < -0.4 is 0 Å². The SMILES string of the molecule is O=C1O/C(=C(/I)C2CCCCC2)c2ccccc21. The van der Waals surface area contributed by atoms with Crippen molar-refractivity contribution >= 4 is 34.3 Å². The quantitative estimate of drug-likeness (QED) is 0.547. The van der Waals surface area contributed by atoms with E-state index in [0.29, 0.717) is 11.5 Å². The summed E-state index contributed by atoms with van der Waals surface area (Å²) in [4.78, 5) is 11.8. The molecular formula is C15H15IO2. The molecule has 1 fully saturated rings. The first-order valence-corrected chi connectivity index (χ1v) is 7.56. The Morgan fingerprint density at radius 2 is 1.78 bits per heavy atom. The minimum absolute atomic E-state index is 0.203. The molecule has 3 heteroatoms. The number of carbonyl (C=O) groups is 1. The number of hydrogen-bond acceptors (Lipinski definition) is 2. The molecular weight excluding hydrogens is 339 g/mol. The predicted octanol–water partition coefficient (Wildman–Crippen LogP) is 4.54. The Bertz CT molecular complexity index is 513. The van der Waals surface area contributed by atoms with Gasteiger partial charge in [0.05, 0.1) is 5.56 Å². The van der Waals surface area contributed by atoms with Crippen LogP contribution in [0.5, 0.6) is 0 Å². The maximum atomic E-state index is 11.8. The highest BCUT2D eigenvalue weighted by Crippen LogP contribution is 2.41. The summed E-state index contributed by atoms with van der Waals surface area (Å²) in [5.41, 5.74) is 1.68. The third kappa shape index (κ3) is 2.09. The summed E-state index contributed by atoms with van der Waals surface area (Å²) in [6.07, 6.45) is 6.37. The molecule has 1 aliphatic carbocycles. The lowest BCUT2D eigenvalue weighted by atomic mass is 9.88. The van der Waals surface area contributed by atoms with Gasteiger partial charge < -0.3 is 4.74 Å². The van der Waals surface area contributed by atoms with Crippen LogP contribution in [0.3, 0.4) is 0 Å². The summed E-state index contributed by atoms with van der Waals surface area (Å²) in [5, 5.41) is 0. The third-order valence-corrected chi connectivity index (χ3v) is 5.14. The maximum Gasteiger partial charge on any atom is 0.344 e. The standard InChI is InChI=1S/C15H15IO2/c16-13(10-6-2-1-3-7-10)14-11-8-4-5-9-12(11)15(17)18-14/h4-5,8-10H,1-3,6-7H2/b14-13+. The van der Waals surface area contributed by atoms with Gasteiger partial charge in [0.1, 0.15) is 5.76 Å². The fourth-order valence-electron chi connectivity index (χ4n) is 2.78. The maximum absolute atomic E-state index is 11.8. The number of esters is 1. The van der Waals surface area contributed by atoms with Crippen LogP contribution in [0, 0.1) is 5.92 Å². The molecule has 0 aromatic heterocycles. The van der Waals surface area contributed by atoms with Gasteiger partial charge in [0, 0.05) is 9.14 Å². The number of hydrogen-bond donors (Lipinski definition) is 0. The van der Waals surface area contributed by atoms with Crippen LogP contribution in [0.1, 0.15) is 48.0 Å². The monoisotopic (exact) mass is 354 g/mol.